The maximum absolute atomic E-state index is 12.0. The summed E-state index contributed by atoms with van der Waals surface area (Å²) in [7, 11) is 1.51. The zero-order chi connectivity index (χ0) is 21.5. The van der Waals surface area contributed by atoms with Gasteiger partial charge >= 0.3 is 29.6 Å². The van der Waals surface area contributed by atoms with E-state index in [4.69, 9.17) is 9.47 Å². The first-order chi connectivity index (χ1) is 14.0. The number of amides is 1. The number of carbonyl (C=O) groups excluding carboxylic acids is 2. The number of carbonyl (C=O) groups is 2. The average Bonchev–Trinajstić information content (AvgIpc) is 2.71. The average molecular weight is 432 g/mol. The normalized spacial score (nSPS) is 11.3. The molecule has 1 rings (SSSR count). The minimum absolute atomic E-state index is 0. The molecular formula is C22H34NNaO6. The van der Waals surface area contributed by atoms with Crippen LogP contribution in [0, 0.1) is 0 Å². The molecule has 0 radical (unpaired) electrons. The van der Waals surface area contributed by atoms with Gasteiger partial charge < -0.3 is 29.8 Å². The summed E-state index contributed by atoms with van der Waals surface area (Å²) in [6.07, 6.45) is 6.36. The third kappa shape index (κ3) is 13.1. The fourth-order valence-corrected chi connectivity index (χ4v) is 2.85. The molecule has 7 nitrogen and oxygen atoms in total. The number of hydrogen-bond acceptors (Lipinski definition) is 6. The fourth-order valence-electron chi connectivity index (χ4n) is 2.85. The molecule has 0 saturated heterocycles. The monoisotopic (exact) mass is 431 g/mol. The Labute approximate surface area is 201 Å². The molecule has 1 amide bonds. The number of unbranched alkanes of at least 4 members (excludes halogenated alkanes) is 5. The molecular weight excluding hydrogens is 397 g/mol. The van der Waals surface area contributed by atoms with Gasteiger partial charge in [0.15, 0.2) is 11.5 Å². The first-order valence-corrected chi connectivity index (χ1v) is 10.4. The van der Waals surface area contributed by atoms with Gasteiger partial charge in [-0.05, 0) is 37.0 Å². The number of benzene rings is 1. The van der Waals surface area contributed by atoms with Crippen LogP contribution in [0.4, 0.5) is 0 Å². The molecule has 0 saturated carbocycles. The molecule has 0 heterocycles. The molecule has 0 fully saturated rings. The van der Waals surface area contributed by atoms with Gasteiger partial charge in [0.2, 0.25) is 5.91 Å². The van der Waals surface area contributed by atoms with E-state index in [1.54, 1.807) is 12.1 Å². The first-order valence-electron chi connectivity index (χ1n) is 10.4. The second kappa shape index (κ2) is 17.4. The molecule has 8 heteroatoms. The molecule has 164 valence electrons. The van der Waals surface area contributed by atoms with Gasteiger partial charge in [0.1, 0.15) is 6.61 Å². The summed E-state index contributed by atoms with van der Waals surface area (Å²) in [5.41, 5.74) is 0.878. The van der Waals surface area contributed by atoms with Crippen LogP contribution < -0.4 is 49.5 Å². The Bertz CT molecular complexity index is 626. The molecule has 2 N–H and O–H groups in total. The number of aliphatic hydroxyl groups excluding tert-OH is 1. The molecule has 0 spiro atoms. The number of rotatable bonds is 16. The second-order valence-electron chi connectivity index (χ2n) is 7.16. The number of methoxy groups -OCH3 is 1. The molecule has 0 aliphatic heterocycles. The Morgan fingerprint density at radius 2 is 1.80 bits per heavy atom. The Balaban J connectivity index is 0.00000841. The van der Waals surface area contributed by atoms with Gasteiger partial charge in [-0.15, -0.1) is 0 Å². The van der Waals surface area contributed by atoms with E-state index < -0.39 is 12.1 Å². The SMILES string of the molecule is CCCCCCCCC(=O)NCc1ccc(OCC(O)CCC(=O)[O-])c(OC)c1.[Na+]. The van der Waals surface area contributed by atoms with Crippen LogP contribution in [0.1, 0.15) is 70.3 Å². The number of aliphatic carboxylic acids is 1. The van der Waals surface area contributed by atoms with Crippen LogP contribution in [-0.2, 0) is 16.1 Å². The van der Waals surface area contributed by atoms with Crippen LogP contribution >= 0.6 is 0 Å². The molecule has 0 aliphatic carbocycles. The van der Waals surface area contributed by atoms with Crippen LogP contribution in [0.2, 0.25) is 0 Å². The second-order valence-corrected chi connectivity index (χ2v) is 7.16. The standard InChI is InChI=1S/C22H35NO6.Na/c1-3-4-5-6-7-8-9-21(25)23-15-17-10-12-19(20(14-17)28-2)29-16-18(24)11-13-22(26)27;/h10,12,14,18,24H,3-9,11,13,15-16H2,1-2H3,(H,23,25)(H,26,27);/q;+1/p-1. The van der Waals surface area contributed by atoms with Gasteiger partial charge in [-0.3, -0.25) is 4.79 Å². The van der Waals surface area contributed by atoms with Crippen LogP contribution in [0.15, 0.2) is 18.2 Å². The molecule has 1 atom stereocenters. The summed E-state index contributed by atoms with van der Waals surface area (Å²) < 4.78 is 10.8. The van der Waals surface area contributed by atoms with Crippen molar-refractivity contribution < 1.29 is 58.8 Å². The van der Waals surface area contributed by atoms with Crippen molar-refractivity contribution in [2.45, 2.75) is 77.4 Å². The van der Waals surface area contributed by atoms with E-state index in [1.165, 1.54) is 32.8 Å². The molecule has 1 aromatic rings. The zero-order valence-corrected chi connectivity index (χ0v) is 20.6. The molecule has 0 bridgehead atoms. The summed E-state index contributed by atoms with van der Waals surface area (Å²) in [4.78, 5) is 22.4. The number of carboxylic acid groups (broad SMARTS) is 1. The van der Waals surface area contributed by atoms with Gasteiger partial charge in [0, 0.05) is 18.9 Å². The van der Waals surface area contributed by atoms with E-state index in [1.807, 2.05) is 6.07 Å². The van der Waals surface area contributed by atoms with Crippen molar-refractivity contribution >= 4 is 11.9 Å². The van der Waals surface area contributed by atoms with E-state index in [0.29, 0.717) is 24.5 Å². The van der Waals surface area contributed by atoms with Crippen LogP contribution in [0.25, 0.3) is 0 Å². The van der Waals surface area contributed by atoms with Gasteiger partial charge in [0.25, 0.3) is 0 Å². The van der Waals surface area contributed by atoms with Crippen molar-refractivity contribution in [3.8, 4) is 11.5 Å². The van der Waals surface area contributed by atoms with Crippen molar-refractivity contribution in [3.05, 3.63) is 23.8 Å². The number of nitrogens with one attached hydrogen (secondary N) is 1. The molecule has 0 aliphatic rings. The van der Waals surface area contributed by atoms with Crippen LogP contribution in [0.5, 0.6) is 11.5 Å². The van der Waals surface area contributed by atoms with Gasteiger partial charge in [-0.2, -0.15) is 0 Å². The Hall–Kier alpha value is -1.28. The quantitative estimate of drug-likeness (QED) is 0.266. The van der Waals surface area contributed by atoms with E-state index >= 15 is 0 Å². The molecule has 1 unspecified atom stereocenters. The first kappa shape index (κ1) is 28.7. The van der Waals surface area contributed by atoms with Gasteiger partial charge in [0.05, 0.1) is 13.2 Å². The van der Waals surface area contributed by atoms with E-state index in [-0.39, 0.29) is 54.9 Å². The Kier molecular flexibility index (Phi) is 16.7. The Morgan fingerprint density at radius 3 is 2.47 bits per heavy atom. The van der Waals surface area contributed by atoms with Crippen LogP contribution in [0.3, 0.4) is 0 Å². The number of carboxylic acids is 1. The maximum atomic E-state index is 12.0. The predicted molar refractivity (Wildman–Crippen MR) is 109 cm³/mol. The number of ether oxygens (including phenoxy) is 2. The minimum atomic E-state index is -1.20. The summed E-state index contributed by atoms with van der Waals surface area (Å²) in [5.74, 6) is -0.234. The Morgan fingerprint density at radius 1 is 1.10 bits per heavy atom. The predicted octanol–water partition coefficient (Wildman–Crippen LogP) is -0.664. The topological polar surface area (TPSA) is 108 Å². The smallest absolute Gasteiger partial charge is 0.550 e. The van der Waals surface area contributed by atoms with Crippen molar-refractivity contribution in [1.82, 2.24) is 5.32 Å². The molecule has 30 heavy (non-hydrogen) atoms. The van der Waals surface area contributed by atoms with E-state index in [2.05, 4.69) is 12.2 Å². The van der Waals surface area contributed by atoms with E-state index in [0.717, 1.165) is 18.4 Å². The summed E-state index contributed by atoms with van der Waals surface area (Å²) in [6.45, 7) is 2.54. The number of aliphatic hydroxyl groups is 1. The van der Waals surface area contributed by atoms with Gasteiger partial charge in [-0.25, -0.2) is 0 Å². The number of hydrogen-bond donors (Lipinski definition) is 2. The third-order valence-electron chi connectivity index (χ3n) is 4.59. The fraction of sp³-hybridized carbons (Fsp3) is 0.636. The van der Waals surface area contributed by atoms with Crippen molar-refractivity contribution in [2.75, 3.05) is 13.7 Å². The summed E-state index contributed by atoms with van der Waals surface area (Å²) in [5, 5.41) is 23.1. The van der Waals surface area contributed by atoms with Crippen molar-refractivity contribution in [3.63, 3.8) is 0 Å². The maximum Gasteiger partial charge on any atom is 1.00 e. The van der Waals surface area contributed by atoms with Gasteiger partial charge in [-0.1, -0.05) is 45.1 Å². The largest absolute Gasteiger partial charge is 1.00 e. The van der Waals surface area contributed by atoms with Crippen molar-refractivity contribution in [1.29, 1.82) is 0 Å². The molecule has 1 aromatic carbocycles. The van der Waals surface area contributed by atoms with E-state index in [9.17, 15) is 19.8 Å². The zero-order valence-electron chi connectivity index (χ0n) is 18.6. The minimum Gasteiger partial charge on any atom is -0.550 e. The van der Waals surface area contributed by atoms with Crippen molar-refractivity contribution in [2.24, 2.45) is 0 Å². The third-order valence-corrected chi connectivity index (χ3v) is 4.59. The summed E-state index contributed by atoms with van der Waals surface area (Å²) >= 11 is 0. The summed E-state index contributed by atoms with van der Waals surface area (Å²) in [6, 6.07) is 5.30. The molecule has 0 aromatic heterocycles. The van der Waals surface area contributed by atoms with Crippen LogP contribution in [-0.4, -0.2) is 36.8 Å².